The third-order valence-corrected chi connectivity index (χ3v) is 13.3. The predicted molar refractivity (Wildman–Crippen MR) is 197 cm³/mol. The number of hydrogen-bond acceptors (Lipinski definition) is 8. The molecule has 1 N–H and O–H groups in total. The molecule has 2 bridgehead atoms. The minimum atomic E-state index is -3.78. The summed E-state index contributed by atoms with van der Waals surface area (Å²) in [7, 11) is 0.906. The zero-order valence-electron chi connectivity index (χ0n) is 29.9. The minimum absolute atomic E-state index is 0.0248. The van der Waals surface area contributed by atoms with E-state index >= 15 is 4.39 Å². The van der Waals surface area contributed by atoms with Crippen molar-refractivity contribution >= 4 is 39.0 Å². The normalized spacial score (nSPS) is 29.4. The van der Waals surface area contributed by atoms with Crippen molar-refractivity contribution in [3.05, 3.63) is 81.8 Å². The SMILES string of the molecule is COc1nn(C)cc1C(=O)N[S@@]1(=O)=NC(=O)c2ccc3c(c2F)N(C[C@@H]2CC[C@H]2[C@@H](OC)/C=C/C[C@H](C)C1)C[C@@]1(CCCc2cc(Cl)ccc21)CO3. The van der Waals surface area contributed by atoms with Gasteiger partial charge in [-0.3, -0.25) is 19.0 Å². The summed E-state index contributed by atoms with van der Waals surface area (Å²) in [6, 6.07) is 8.92. The quantitative estimate of drug-likeness (QED) is 0.309. The van der Waals surface area contributed by atoms with Crippen LogP contribution < -0.4 is 19.1 Å². The molecule has 1 saturated carbocycles. The van der Waals surface area contributed by atoms with E-state index in [0.717, 1.165) is 37.7 Å². The van der Waals surface area contributed by atoms with Crippen LogP contribution in [0.15, 0.2) is 53.0 Å². The first kappa shape index (κ1) is 36.4. The fraction of sp³-hybridized carbons (Fsp3) is 0.500. The molecule has 278 valence electrons. The van der Waals surface area contributed by atoms with E-state index in [9.17, 15) is 13.8 Å². The number of anilines is 1. The molecule has 2 aromatic carbocycles. The molecule has 14 heteroatoms. The van der Waals surface area contributed by atoms with Crippen LogP contribution >= 0.6 is 11.6 Å². The zero-order chi connectivity index (χ0) is 36.8. The maximum Gasteiger partial charge on any atom is 0.289 e. The number of aryl methyl sites for hydroxylation is 2. The van der Waals surface area contributed by atoms with Crippen LogP contribution in [-0.4, -0.2) is 71.6 Å². The van der Waals surface area contributed by atoms with Gasteiger partial charge in [0.1, 0.15) is 26.9 Å². The molecule has 6 atom stereocenters. The fourth-order valence-corrected chi connectivity index (χ4v) is 10.5. The molecule has 2 amide bonds. The van der Waals surface area contributed by atoms with Gasteiger partial charge in [-0.25, -0.2) is 8.60 Å². The van der Waals surface area contributed by atoms with E-state index in [1.807, 2.05) is 36.1 Å². The molecule has 0 radical (unpaired) electrons. The Hall–Kier alpha value is -3.94. The molecule has 11 nitrogen and oxygen atoms in total. The molecular weight excluding hydrogens is 709 g/mol. The van der Waals surface area contributed by atoms with Gasteiger partial charge in [0.2, 0.25) is 5.88 Å². The van der Waals surface area contributed by atoms with Gasteiger partial charge in [0.15, 0.2) is 5.82 Å². The number of benzene rings is 2. The van der Waals surface area contributed by atoms with Gasteiger partial charge in [0.25, 0.3) is 11.8 Å². The molecule has 1 spiro atoms. The Morgan fingerprint density at radius 2 is 2.04 bits per heavy atom. The van der Waals surface area contributed by atoms with Crippen molar-refractivity contribution in [3.8, 4) is 11.6 Å². The Morgan fingerprint density at radius 3 is 2.79 bits per heavy atom. The van der Waals surface area contributed by atoms with E-state index in [2.05, 4.69) is 20.2 Å². The average Bonchev–Trinajstić information content (AvgIpc) is 3.40. The van der Waals surface area contributed by atoms with Crippen molar-refractivity contribution < 1.29 is 32.4 Å². The first-order valence-corrected chi connectivity index (χ1v) is 19.9. The number of fused-ring (bicyclic) bond motifs is 4. The van der Waals surface area contributed by atoms with Crippen LogP contribution in [0.5, 0.6) is 11.6 Å². The Labute approximate surface area is 309 Å². The van der Waals surface area contributed by atoms with Crippen LogP contribution in [0.4, 0.5) is 10.1 Å². The lowest BCUT2D eigenvalue weighted by molar-refractivity contribution is 0.0131. The van der Waals surface area contributed by atoms with Crippen molar-refractivity contribution in [2.45, 2.75) is 57.0 Å². The van der Waals surface area contributed by atoms with Crippen LogP contribution in [0.25, 0.3) is 0 Å². The van der Waals surface area contributed by atoms with Gasteiger partial charge >= 0.3 is 0 Å². The van der Waals surface area contributed by atoms with E-state index in [0.29, 0.717) is 36.9 Å². The third-order valence-electron chi connectivity index (χ3n) is 11.1. The molecule has 52 heavy (non-hydrogen) atoms. The number of carbonyl (C=O) groups is 2. The van der Waals surface area contributed by atoms with E-state index in [1.165, 1.54) is 29.6 Å². The molecule has 3 heterocycles. The second kappa shape index (κ2) is 14.5. The molecule has 0 saturated heterocycles. The molecule has 2 aliphatic heterocycles. The molecule has 2 aliphatic carbocycles. The molecular formula is C38H45ClFN5O6S. The molecule has 3 aromatic rings. The highest BCUT2D eigenvalue weighted by Crippen LogP contribution is 2.48. The predicted octanol–water partition coefficient (Wildman–Crippen LogP) is 6.28. The number of carbonyl (C=O) groups excluding carboxylic acids is 2. The van der Waals surface area contributed by atoms with Gasteiger partial charge in [-0.2, -0.15) is 0 Å². The van der Waals surface area contributed by atoms with Gasteiger partial charge in [0.05, 0.1) is 31.1 Å². The molecule has 7 rings (SSSR count). The fourth-order valence-electron chi connectivity index (χ4n) is 8.43. The first-order chi connectivity index (χ1) is 24.9. The number of hydrogen-bond donors (Lipinski definition) is 1. The summed E-state index contributed by atoms with van der Waals surface area (Å²) >= 11 is 6.43. The summed E-state index contributed by atoms with van der Waals surface area (Å²) in [4.78, 5) is 29.5. The summed E-state index contributed by atoms with van der Waals surface area (Å²) < 4.78 is 57.4. The number of methoxy groups -OCH3 is 2. The van der Waals surface area contributed by atoms with E-state index < -0.39 is 33.0 Å². The lowest BCUT2D eigenvalue weighted by Gasteiger charge is -2.46. The van der Waals surface area contributed by atoms with Gasteiger partial charge < -0.3 is 19.1 Å². The van der Waals surface area contributed by atoms with Crippen molar-refractivity contribution in [1.82, 2.24) is 14.5 Å². The number of rotatable bonds is 4. The molecule has 4 aliphatic rings. The smallest absolute Gasteiger partial charge is 0.289 e. The summed E-state index contributed by atoms with van der Waals surface area (Å²) in [6.45, 7) is 3.19. The summed E-state index contributed by atoms with van der Waals surface area (Å²) in [5.74, 6) is -2.27. The number of nitrogens with zero attached hydrogens (tertiary/aromatic N) is 4. The highest BCUT2D eigenvalue weighted by Gasteiger charge is 2.45. The maximum absolute atomic E-state index is 17.1. The summed E-state index contributed by atoms with van der Waals surface area (Å²) in [6.07, 6.45) is 10.4. The Morgan fingerprint density at radius 1 is 1.21 bits per heavy atom. The van der Waals surface area contributed by atoms with Crippen LogP contribution in [-0.2, 0) is 33.5 Å². The Kier molecular flexibility index (Phi) is 10.1. The largest absolute Gasteiger partial charge is 0.490 e. The zero-order valence-corrected chi connectivity index (χ0v) is 31.5. The van der Waals surface area contributed by atoms with Crippen molar-refractivity contribution in [2.24, 2.45) is 29.2 Å². The Bertz CT molecular complexity index is 2050. The number of halogens is 2. The van der Waals surface area contributed by atoms with Gasteiger partial charge in [-0.05, 0) is 91.7 Å². The number of nitrogens with one attached hydrogen (secondary N) is 1. The number of amides is 2. The van der Waals surface area contributed by atoms with E-state index in [4.69, 9.17) is 25.8 Å². The second-order valence-corrected chi connectivity index (χ2v) is 17.1. The maximum atomic E-state index is 17.1. The molecule has 0 unspecified atom stereocenters. The van der Waals surface area contributed by atoms with Crippen molar-refractivity contribution in [2.75, 3.05) is 44.6 Å². The molecule has 1 aromatic heterocycles. The Balaban J connectivity index is 1.33. The van der Waals surface area contributed by atoms with Crippen LogP contribution in [0.2, 0.25) is 5.02 Å². The van der Waals surface area contributed by atoms with E-state index in [-0.39, 0.29) is 52.3 Å². The van der Waals surface area contributed by atoms with Gasteiger partial charge in [0, 0.05) is 43.9 Å². The summed E-state index contributed by atoms with van der Waals surface area (Å²) in [5.41, 5.74) is 1.73. The summed E-state index contributed by atoms with van der Waals surface area (Å²) in [5, 5.41) is 4.79. The monoisotopic (exact) mass is 753 g/mol. The lowest BCUT2D eigenvalue weighted by atomic mass is 9.68. The second-order valence-electron chi connectivity index (χ2n) is 14.7. The lowest BCUT2D eigenvalue weighted by Crippen LogP contribution is -2.49. The van der Waals surface area contributed by atoms with Gasteiger partial charge in [-0.15, -0.1) is 9.46 Å². The van der Waals surface area contributed by atoms with Gasteiger partial charge in [-0.1, -0.05) is 36.7 Å². The minimum Gasteiger partial charge on any atom is -0.490 e. The number of allylic oxidation sites excluding steroid dienone is 1. The number of aromatic nitrogens is 2. The topological polar surface area (TPSA) is 124 Å². The third kappa shape index (κ3) is 6.94. The first-order valence-electron chi connectivity index (χ1n) is 17.8. The average molecular weight is 754 g/mol. The van der Waals surface area contributed by atoms with E-state index in [1.54, 1.807) is 20.2 Å². The highest BCUT2D eigenvalue weighted by atomic mass is 35.5. The number of ether oxygens (including phenoxy) is 3. The van der Waals surface area contributed by atoms with Crippen LogP contribution in [0, 0.1) is 23.6 Å². The van der Waals surface area contributed by atoms with Crippen LogP contribution in [0.3, 0.4) is 0 Å². The standard InChI is InChI=1S/C38H45ClFN5O6S/c1-23-7-5-9-31(49-3)27-12-10-25(27)18-45-21-38(16-6-8-24-17-26(39)11-14-30(24)38)22-51-32-15-13-28(33(40)34(32)45)35(46)42-52(48,20-23)43-36(47)29-19-44(2)41-37(29)50-4/h5,9,11,13-15,17,19,23,25,27,31H,6-8,10,12,16,18,20-22H2,1-4H3,(H,42,43,46,47,48)/b9-5+/t23-,25-,27+,31-,38-,52-/m0/s1. The van der Waals surface area contributed by atoms with Crippen molar-refractivity contribution in [3.63, 3.8) is 0 Å². The highest BCUT2D eigenvalue weighted by molar-refractivity contribution is 7.92. The van der Waals surface area contributed by atoms with Crippen molar-refractivity contribution in [1.29, 1.82) is 0 Å². The molecule has 1 fully saturated rings. The van der Waals surface area contributed by atoms with Crippen LogP contribution in [0.1, 0.15) is 70.9 Å².